The van der Waals surface area contributed by atoms with Crippen LogP contribution in [0.4, 0.5) is 4.39 Å². The quantitative estimate of drug-likeness (QED) is 0.875. The van der Waals surface area contributed by atoms with Crippen molar-refractivity contribution in [2.75, 3.05) is 13.2 Å². The predicted molar refractivity (Wildman–Crippen MR) is 69.7 cm³/mol. The first-order valence-corrected chi connectivity index (χ1v) is 6.81. The highest BCUT2D eigenvalue weighted by atomic mass is 79.9. The van der Waals surface area contributed by atoms with E-state index in [0.717, 1.165) is 30.8 Å². The Morgan fingerprint density at radius 2 is 2.18 bits per heavy atom. The van der Waals surface area contributed by atoms with Crippen LogP contribution < -0.4 is 10.5 Å². The molecule has 17 heavy (non-hydrogen) atoms. The molecule has 2 rings (SSSR count). The third-order valence-electron chi connectivity index (χ3n) is 2.90. The lowest BCUT2D eigenvalue weighted by Crippen LogP contribution is -2.05. The van der Waals surface area contributed by atoms with Gasteiger partial charge in [-0.3, -0.25) is 0 Å². The van der Waals surface area contributed by atoms with E-state index in [2.05, 4.69) is 15.9 Å². The molecular formula is C13H17BrFNO. The lowest BCUT2D eigenvalue weighted by Gasteiger charge is -2.13. The largest absolute Gasteiger partial charge is 0.492 e. The summed E-state index contributed by atoms with van der Waals surface area (Å²) in [6.45, 7) is 1.34. The molecule has 1 aliphatic carbocycles. The molecule has 1 fully saturated rings. The van der Waals surface area contributed by atoms with Gasteiger partial charge in [0, 0.05) is 0 Å². The maximum absolute atomic E-state index is 13.3. The highest BCUT2D eigenvalue weighted by Gasteiger charge is 2.23. The van der Waals surface area contributed by atoms with E-state index in [9.17, 15) is 4.39 Å². The Hall–Kier alpha value is -0.610. The molecule has 0 saturated heterocycles. The minimum atomic E-state index is -0.234. The first kappa shape index (κ1) is 12.8. The number of hydrogen-bond acceptors (Lipinski definition) is 2. The van der Waals surface area contributed by atoms with Gasteiger partial charge < -0.3 is 10.5 Å². The normalized spacial score (nSPS) is 15.0. The fraction of sp³-hybridized carbons (Fsp3) is 0.538. The van der Waals surface area contributed by atoms with Gasteiger partial charge in [-0.15, -0.1) is 0 Å². The molecule has 2 N–H and O–H groups in total. The molecule has 0 radical (unpaired) electrons. The Morgan fingerprint density at radius 1 is 1.41 bits per heavy atom. The minimum Gasteiger partial charge on any atom is -0.492 e. The van der Waals surface area contributed by atoms with E-state index in [0.29, 0.717) is 16.9 Å². The summed E-state index contributed by atoms with van der Waals surface area (Å²) in [5.74, 6) is 1.24. The highest BCUT2D eigenvalue weighted by Crippen LogP contribution is 2.35. The van der Waals surface area contributed by atoms with E-state index in [1.54, 1.807) is 6.07 Å². The van der Waals surface area contributed by atoms with Crippen molar-refractivity contribution < 1.29 is 9.13 Å². The van der Waals surface area contributed by atoms with Crippen molar-refractivity contribution in [2.24, 2.45) is 11.7 Å². The third kappa shape index (κ3) is 3.68. The van der Waals surface area contributed by atoms with Crippen LogP contribution in [0.5, 0.6) is 5.75 Å². The van der Waals surface area contributed by atoms with E-state index >= 15 is 0 Å². The zero-order chi connectivity index (χ0) is 12.3. The average Bonchev–Trinajstić information content (AvgIpc) is 3.08. The summed E-state index contributed by atoms with van der Waals surface area (Å²) in [7, 11) is 0. The van der Waals surface area contributed by atoms with Crippen molar-refractivity contribution in [1.29, 1.82) is 0 Å². The number of benzene rings is 1. The second-order valence-electron chi connectivity index (χ2n) is 4.52. The van der Waals surface area contributed by atoms with Crippen molar-refractivity contribution >= 4 is 15.9 Å². The van der Waals surface area contributed by atoms with Crippen molar-refractivity contribution in [2.45, 2.75) is 25.7 Å². The first-order valence-electron chi connectivity index (χ1n) is 6.01. The van der Waals surface area contributed by atoms with Gasteiger partial charge >= 0.3 is 0 Å². The second kappa shape index (κ2) is 5.83. The Labute approximate surface area is 109 Å². The van der Waals surface area contributed by atoms with Gasteiger partial charge in [-0.2, -0.15) is 0 Å². The molecule has 2 nitrogen and oxygen atoms in total. The number of ether oxygens (including phenoxy) is 1. The molecule has 94 valence electrons. The topological polar surface area (TPSA) is 35.2 Å². The lowest BCUT2D eigenvalue weighted by molar-refractivity contribution is 0.294. The molecule has 0 aliphatic heterocycles. The van der Waals surface area contributed by atoms with Crippen LogP contribution in [0.15, 0.2) is 16.6 Å². The van der Waals surface area contributed by atoms with Crippen LogP contribution >= 0.6 is 15.9 Å². The fourth-order valence-corrected chi connectivity index (χ4v) is 2.33. The van der Waals surface area contributed by atoms with Crippen molar-refractivity contribution in [3.63, 3.8) is 0 Å². The van der Waals surface area contributed by atoms with E-state index in [1.165, 1.54) is 18.9 Å². The van der Waals surface area contributed by atoms with Crippen LogP contribution in [-0.4, -0.2) is 13.2 Å². The number of halogens is 2. The fourth-order valence-electron chi connectivity index (χ4n) is 1.74. The van der Waals surface area contributed by atoms with Crippen LogP contribution in [0, 0.1) is 11.7 Å². The summed E-state index contributed by atoms with van der Waals surface area (Å²) in [4.78, 5) is 0. The standard InChI is InChI=1S/C13H17BrFNO/c14-12-7-11(15)6-10(2-1-5-16)13(12)17-8-9-3-4-9/h6-7,9H,1-5,8,16H2. The molecule has 4 heteroatoms. The molecular weight excluding hydrogens is 285 g/mol. The molecule has 0 amide bonds. The molecule has 1 aromatic rings. The summed E-state index contributed by atoms with van der Waals surface area (Å²) < 4.78 is 19.8. The third-order valence-corrected chi connectivity index (χ3v) is 3.48. The highest BCUT2D eigenvalue weighted by molar-refractivity contribution is 9.10. The van der Waals surface area contributed by atoms with E-state index in [1.807, 2.05) is 0 Å². The van der Waals surface area contributed by atoms with Crippen LogP contribution in [0.25, 0.3) is 0 Å². The average molecular weight is 302 g/mol. The van der Waals surface area contributed by atoms with Crippen LogP contribution in [0.2, 0.25) is 0 Å². The number of rotatable bonds is 6. The van der Waals surface area contributed by atoms with Gasteiger partial charge in [0.15, 0.2) is 0 Å². The molecule has 0 unspecified atom stereocenters. The lowest BCUT2D eigenvalue weighted by atomic mass is 10.1. The zero-order valence-electron chi connectivity index (χ0n) is 9.72. The molecule has 0 spiro atoms. The summed E-state index contributed by atoms with van der Waals surface area (Å²) >= 11 is 3.36. The molecule has 0 atom stereocenters. The molecule has 1 saturated carbocycles. The van der Waals surface area contributed by atoms with Gasteiger partial charge in [0.05, 0.1) is 11.1 Å². The first-order chi connectivity index (χ1) is 8.20. The molecule has 0 heterocycles. The monoisotopic (exact) mass is 301 g/mol. The van der Waals surface area contributed by atoms with Gasteiger partial charge in [-0.05, 0) is 71.8 Å². The van der Waals surface area contributed by atoms with Crippen molar-refractivity contribution in [3.05, 3.63) is 28.0 Å². The van der Waals surface area contributed by atoms with Crippen molar-refractivity contribution in [1.82, 2.24) is 0 Å². The Morgan fingerprint density at radius 3 is 2.82 bits per heavy atom. The maximum Gasteiger partial charge on any atom is 0.136 e. The summed E-state index contributed by atoms with van der Waals surface area (Å²) in [6, 6.07) is 3.00. The Balaban J connectivity index is 2.12. The van der Waals surface area contributed by atoms with Crippen LogP contribution in [0.3, 0.4) is 0 Å². The van der Waals surface area contributed by atoms with Crippen molar-refractivity contribution in [3.8, 4) is 5.75 Å². The number of hydrogen-bond donors (Lipinski definition) is 1. The number of aryl methyl sites for hydroxylation is 1. The summed E-state index contributed by atoms with van der Waals surface area (Å²) in [5, 5.41) is 0. The second-order valence-corrected chi connectivity index (χ2v) is 5.38. The van der Waals surface area contributed by atoms with Crippen LogP contribution in [0.1, 0.15) is 24.8 Å². The maximum atomic E-state index is 13.3. The molecule has 1 aliphatic rings. The minimum absolute atomic E-state index is 0.234. The van der Waals surface area contributed by atoms with Crippen LogP contribution in [-0.2, 0) is 6.42 Å². The van der Waals surface area contributed by atoms with Gasteiger partial charge in [0.2, 0.25) is 0 Å². The SMILES string of the molecule is NCCCc1cc(F)cc(Br)c1OCC1CC1. The predicted octanol–water partition coefficient (Wildman–Crippen LogP) is 3.27. The Bertz CT molecular complexity index is 393. The molecule has 0 bridgehead atoms. The number of nitrogens with two attached hydrogens (primary N) is 1. The smallest absolute Gasteiger partial charge is 0.136 e. The molecule has 1 aromatic carbocycles. The Kier molecular flexibility index (Phi) is 4.40. The van der Waals surface area contributed by atoms with Gasteiger partial charge in [0.1, 0.15) is 11.6 Å². The van der Waals surface area contributed by atoms with Gasteiger partial charge in [-0.1, -0.05) is 0 Å². The van der Waals surface area contributed by atoms with E-state index in [-0.39, 0.29) is 5.82 Å². The van der Waals surface area contributed by atoms with Gasteiger partial charge in [-0.25, -0.2) is 4.39 Å². The zero-order valence-corrected chi connectivity index (χ0v) is 11.3. The summed E-state index contributed by atoms with van der Waals surface area (Å²) in [5.41, 5.74) is 6.39. The van der Waals surface area contributed by atoms with Gasteiger partial charge in [0.25, 0.3) is 0 Å². The van der Waals surface area contributed by atoms with E-state index in [4.69, 9.17) is 10.5 Å². The summed E-state index contributed by atoms with van der Waals surface area (Å²) in [6.07, 6.45) is 4.09. The molecule has 0 aromatic heterocycles. The van der Waals surface area contributed by atoms with E-state index < -0.39 is 0 Å².